The van der Waals surface area contributed by atoms with Gasteiger partial charge in [-0.05, 0) is 55.3 Å². The Kier molecular flexibility index (Phi) is 4.51. The van der Waals surface area contributed by atoms with Gasteiger partial charge in [-0.2, -0.15) is 0 Å². The van der Waals surface area contributed by atoms with Gasteiger partial charge in [-0.25, -0.2) is 8.42 Å². The number of hydrogen-bond acceptors (Lipinski definition) is 3. The number of nitrogen functional groups attached to an aromatic ring is 1. The quantitative estimate of drug-likeness (QED) is 0.776. The molecule has 0 atom stereocenters. The highest BCUT2D eigenvalue weighted by Crippen LogP contribution is 2.30. The van der Waals surface area contributed by atoms with Crippen molar-refractivity contribution in [2.24, 2.45) is 0 Å². The van der Waals surface area contributed by atoms with E-state index in [1.807, 2.05) is 6.92 Å². The minimum absolute atomic E-state index is 0.149. The predicted octanol–water partition coefficient (Wildman–Crippen LogP) is 4.10. The summed E-state index contributed by atoms with van der Waals surface area (Å²) in [5.41, 5.74) is 7.93. The molecule has 0 amide bonds. The normalized spacial score (nSPS) is 11.4. The fourth-order valence-corrected chi connectivity index (χ4v) is 3.91. The van der Waals surface area contributed by atoms with E-state index in [2.05, 4.69) is 20.7 Å². The van der Waals surface area contributed by atoms with Gasteiger partial charge in [0.05, 0.1) is 15.6 Å². The number of benzene rings is 2. The Bertz CT molecular complexity index is 807. The van der Waals surface area contributed by atoms with Crippen LogP contribution in [0.2, 0.25) is 5.02 Å². The first kappa shape index (κ1) is 16.1. The number of halogens is 2. The minimum Gasteiger partial charge on any atom is -0.399 e. The molecule has 2 rings (SSSR count). The van der Waals surface area contributed by atoms with E-state index in [1.165, 1.54) is 6.07 Å². The zero-order valence-corrected chi connectivity index (χ0v) is 14.6. The first-order valence-electron chi connectivity index (χ1n) is 6.05. The Morgan fingerprint density at radius 2 is 1.86 bits per heavy atom. The van der Waals surface area contributed by atoms with Gasteiger partial charge < -0.3 is 5.73 Å². The molecule has 0 spiro atoms. The van der Waals surface area contributed by atoms with Crippen molar-refractivity contribution in [2.75, 3.05) is 10.5 Å². The molecule has 0 aliphatic heterocycles. The molecule has 0 aliphatic carbocycles. The smallest absolute Gasteiger partial charge is 0.262 e. The fraction of sp³-hybridized carbons (Fsp3) is 0.143. The van der Waals surface area contributed by atoms with Crippen molar-refractivity contribution in [3.05, 3.63) is 51.0 Å². The average Bonchev–Trinajstić information content (AvgIpc) is 2.37. The van der Waals surface area contributed by atoms with Gasteiger partial charge in [0.15, 0.2) is 0 Å². The Labute approximate surface area is 137 Å². The van der Waals surface area contributed by atoms with Crippen LogP contribution >= 0.6 is 27.5 Å². The van der Waals surface area contributed by atoms with Gasteiger partial charge in [-0.1, -0.05) is 27.5 Å². The monoisotopic (exact) mass is 388 g/mol. The summed E-state index contributed by atoms with van der Waals surface area (Å²) in [7, 11) is -3.76. The lowest BCUT2D eigenvalue weighted by atomic mass is 10.1. The van der Waals surface area contributed by atoms with Crippen molar-refractivity contribution in [1.29, 1.82) is 0 Å². The molecular formula is C14H14BrClN2O2S. The van der Waals surface area contributed by atoms with Crippen LogP contribution in [0.3, 0.4) is 0 Å². The lowest BCUT2D eigenvalue weighted by Gasteiger charge is -2.14. The summed E-state index contributed by atoms with van der Waals surface area (Å²) in [5, 5.41) is 0.319. The predicted molar refractivity (Wildman–Crippen MR) is 90.3 cm³/mol. The van der Waals surface area contributed by atoms with E-state index in [-0.39, 0.29) is 4.90 Å². The number of anilines is 2. The number of aryl methyl sites for hydroxylation is 1. The van der Waals surface area contributed by atoms with Gasteiger partial charge in [-0.15, -0.1) is 0 Å². The molecule has 2 aromatic rings. The minimum atomic E-state index is -3.76. The molecule has 0 radical (unpaired) electrons. The molecule has 21 heavy (non-hydrogen) atoms. The van der Waals surface area contributed by atoms with E-state index < -0.39 is 10.0 Å². The highest BCUT2D eigenvalue weighted by molar-refractivity contribution is 9.10. The van der Waals surface area contributed by atoms with E-state index in [4.69, 9.17) is 17.3 Å². The van der Waals surface area contributed by atoms with Crippen molar-refractivity contribution < 1.29 is 8.42 Å². The second-order valence-electron chi connectivity index (χ2n) is 4.69. The standard InChI is InChI=1S/C14H14BrClN2O2S/c1-8-5-11(17)7-14(9(8)2)21(19,20)18-13-6-10(15)3-4-12(13)16/h3-7,18H,17H2,1-2H3. The van der Waals surface area contributed by atoms with Crippen LogP contribution in [0.25, 0.3) is 0 Å². The summed E-state index contributed by atoms with van der Waals surface area (Å²) in [5.74, 6) is 0. The Balaban J connectivity index is 2.51. The molecule has 0 bridgehead atoms. The van der Waals surface area contributed by atoms with E-state index >= 15 is 0 Å². The largest absolute Gasteiger partial charge is 0.399 e. The number of nitrogens with one attached hydrogen (secondary N) is 1. The van der Waals surface area contributed by atoms with Crippen LogP contribution < -0.4 is 10.5 Å². The maximum atomic E-state index is 12.5. The van der Waals surface area contributed by atoms with Crippen molar-refractivity contribution >= 4 is 48.9 Å². The number of rotatable bonds is 3. The van der Waals surface area contributed by atoms with Crippen molar-refractivity contribution in [2.45, 2.75) is 18.7 Å². The molecule has 112 valence electrons. The molecule has 4 nitrogen and oxygen atoms in total. The molecule has 0 saturated carbocycles. The molecule has 3 N–H and O–H groups in total. The lowest BCUT2D eigenvalue weighted by Crippen LogP contribution is -2.15. The zero-order valence-electron chi connectivity index (χ0n) is 11.4. The lowest BCUT2D eigenvalue weighted by molar-refractivity contribution is 0.600. The summed E-state index contributed by atoms with van der Waals surface area (Å²) in [4.78, 5) is 0.149. The maximum absolute atomic E-state index is 12.5. The van der Waals surface area contributed by atoms with Crippen LogP contribution in [0.4, 0.5) is 11.4 Å². The van der Waals surface area contributed by atoms with E-state index in [0.717, 1.165) is 10.0 Å². The van der Waals surface area contributed by atoms with Crippen LogP contribution in [0.1, 0.15) is 11.1 Å². The molecule has 0 heterocycles. The van der Waals surface area contributed by atoms with Crippen LogP contribution in [-0.4, -0.2) is 8.42 Å². The number of nitrogens with two attached hydrogens (primary N) is 1. The maximum Gasteiger partial charge on any atom is 0.262 e. The van der Waals surface area contributed by atoms with Crippen LogP contribution in [0.15, 0.2) is 39.7 Å². The van der Waals surface area contributed by atoms with Gasteiger partial charge in [-0.3, -0.25) is 4.72 Å². The Morgan fingerprint density at radius 1 is 1.19 bits per heavy atom. The summed E-state index contributed by atoms with van der Waals surface area (Å²) in [6, 6.07) is 8.13. The van der Waals surface area contributed by atoms with Crippen molar-refractivity contribution in [3.8, 4) is 0 Å². The van der Waals surface area contributed by atoms with Crippen LogP contribution in [0.5, 0.6) is 0 Å². The van der Waals surface area contributed by atoms with Crippen LogP contribution in [0, 0.1) is 13.8 Å². The van der Waals surface area contributed by atoms with Gasteiger partial charge >= 0.3 is 0 Å². The summed E-state index contributed by atoms with van der Waals surface area (Å²) in [6.45, 7) is 3.56. The third kappa shape index (κ3) is 3.51. The average molecular weight is 390 g/mol. The second kappa shape index (κ2) is 5.87. The van der Waals surface area contributed by atoms with Crippen molar-refractivity contribution in [1.82, 2.24) is 0 Å². The summed E-state index contributed by atoms with van der Waals surface area (Å²) < 4.78 is 28.3. The first-order chi connectivity index (χ1) is 9.70. The van der Waals surface area contributed by atoms with Gasteiger partial charge in [0, 0.05) is 10.2 Å². The molecule has 2 aromatic carbocycles. The van der Waals surface area contributed by atoms with E-state index in [1.54, 1.807) is 31.2 Å². The molecular weight excluding hydrogens is 376 g/mol. The summed E-state index contributed by atoms with van der Waals surface area (Å²) in [6.07, 6.45) is 0. The van der Waals surface area contributed by atoms with Crippen LogP contribution in [-0.2, 0) is 10.0 Å². The van der Waals surface area contributed by atoms with Gasteiger partial charge in [0.2, 0.25) is 0 Å². The molecule has 0 fully saturated rings. The molecule has 0 aromatic heterocycles. The Hall–Kier alpha value is -1.24. The summed E-state index contributed by atoms with van der Waals surface area (Å²) >= 11 is 9.30. The second-order valence-corrected chi connectivity index (χ2v) is 7.66. The highest BCUT2D eigenvalue weighted by atomic mass is 79.9. The van der Waals surface area contributed by atoms with Crippen molar-refractivity contribution in [3.63, 3.8) is 0 Å². The molecule has 0 aliphatic rings. The third-order valence-electron chi connectivity index (χ3n) is 3.10. The highest BCUT2D eigenvalue weighted by Gasteiger charge is 2.20. The number of hydrogen-bond donors (Lipinski definition) is 2. The third-order valence-corrected chi connectivity index (χ3v) is 5.42. The van der Waals surface area contributed by atoms with Gasteiger partial charge in [0.1, 0.15) is 0 Å². The Morgan fingerprint density at radius 3 is 2.52 bits per heavy atom. The molecule has 0 saturated heterocycles. The topological polar surface area (TPSA) is 72.2 Å². The molecule has 7 heteroatoms. The van der Waals surface area contributed by atoms with E-state index in [9.17, 15) is 8.42 Å². The van der Waals surface area contributed by atoms with Gasteiger partial charge in [0.25, 0.3) is 10.0 Å². The fourth-order valence-electron chi connectivity index (χ4n) is 1.91. The SMILES string of the molecule is Cc1cc(N)cc(S(=O)(=O)Nc2cc(Br)ccc2Cl)c1C. The zero-order chi connectivity index (χ0) is 15.8. The first-order valence-corrected chi connectivity index (χ1v) is 8.71. The van der Waals surface area contributed by atoms with E-state index in [0.29, 0.717) is 22.0 Å². The molecule has 0 unspecified atom stereocenters. The number of sulfonamides is 1.